The molecule has 3 heterocycles. The number of nitrogens with one attached hydrogen (secondary N) is 2. The number of imidazole rings is 1. The molecule has 0 unspecified atom stereocenters. The van der Waals surface area contributed by atoms with Crippen LogP contribution in [0.1, 0.15) is 17.6 Å². The summed E-state index contributed by atoms with van der Waals surface area (Å²) >= 11 is 7.29. The van der Waals surface area contributed by atoms with E-state index in [4.69, 9.17) is 11.6 Å². The van der Waals surface area contributed by atoms with Crippen LogP contribution in [0.25, 0.3) is 11.2 Å². The zero-order valence-corrected chi connectivity index (χ0v) is 12.1. The summed E-state index contributed by atoms with van der Waals surface area (Å²) in [5, 5.41) is 3.17. The summed E-state index contributed by atoms with van der Waals surface area (Å²) in [5.41, 5.74) is 1.39. The fraction of sp³-hybridized carbons (Fsp3) is 0.154. The maximum atomic E-state index is 5.87. The van der Waals surface area contributed by atoms with E-state index in [-0.39, 0.29) is 0 Å². The smallest absolute Gasteiger partial charge is 0.209 e. The average Bonchev–Trinajstić information content (AvgIpc) is 3.05. The van der Waals surface area contributed by atoms with Crippen LogP contribution in [-0.4, -0.2) is 26.5 Å². The van der Waals surface area contributed by atoms with Crippen molar-refractivity contribution in [1.82, 2.24) is 19.9 Å². The molecule has 2 N–H and O–H groups in total. The largest absolute Gasteiger partial charge is 0.368 e. The molecule has 0 aromatic carbocycles. The van der Waals surface area contributed by atoms with Gasteiger partial charge in [0.25, 0.3) is 0 Å². The Labute approximate surface area is 124 Å². The van der Waals surface area contributed by atoms with Crippen LogP contribution in [0.3, 0.4) is 0 Å². The zero-order chi connectivity index (χ0) is 13.9. The van der Waals surface area contributed by atoms with Crippen LogP contribution in [0.2, 0.25) is 4.34 Å². The van der Waals surface area contributed by atoms with Crippen molar-refractivity contribution in [3.63, 3.8) is 0 Å². The highest BCUT2D eigenvalue weighted by Crippen LogP contribution is 2.20. The zero-order valence-electron chi connectivity index (χ0n) is 10.6. The lowest BCUT2D eigenvalue weighted by molar-refractivity contribution is 1.11. The monoisotopic (exact) mass is 303 g/mol. The number of hydrogen-bond donors (Lipinski definition) is 2. The average molecular weight is 304 g/mol. The molecule has 0 amide bonds. The predicted molar refractivity (Wildman–Crippen MR) is 81.2 cm³/mol. The number of nitrogens with zero attached hydrogens (tertiary/aromatic N) is 3. The van der Waals surface area contributed by atoms with Gasteiger partial charge in [-0.2, -0.15) is 4.98 Å². The van der Waals surface area contributed by atoms with Crippen molar-refractivity contribution in [2.45, 2.75) is 6.92 Å². The quantitative estimate of drug-likeness (QED) is 0.714. The maximum absolute atomic E-state index is 5.87. The fourth-order valence-electron chi connectivity index (χ4n) is 1.68. The number of fused-ring (bicyclic) bond motifs is 1. The molecule has 0 aliphatic heterocycles. The van der Waals surface area contributed by atoms with Crippen molar-refractivity contribution in [2.75, 3.05) is 11.9 Å². The number of rotatable bonds is 2. The third kappa shape index (κ3) is 2.59. The van der Waals surface area contributed by atoms with Crippen LogP contribution >= 0.6 is 22.9 Å². The minimum atomic E-state index is 0.435. The fourth-order valence-corrected chi connectivity index (χ4v) is 2.58. The second kappa shape index (κ2) is 5.49. The highest BCUT2D eigenvalue weighted by Gasteiger charge is 2.07. The number of thiophene rings is 1. The van der Waals surface area contributed by atoms with Crippen LogP contribution in [-0.2, 0) is 0 Å². The number of halogens is 1. The van der Waals surface area contributed by atoms with Crippen LogP contribution in [0.5, 0.6) is 0 Å². The molecule has 5 nitrogen and oxygen atoms in total. The summed E-state index contributed by atoms with van der Waals surface area (Å²) < 4.78 is 0.714. The molecular formula is C13H10ClN5S. The lowest BCUT2D eigenvalue weighted by Gasteiger charge is -2.02. The van der Waals surface area contributed by atoms with E-state index in [1.165, 1.54) is 11.3 Å². The molecule has 3 rings (SSSR count). The normalized spacial score (nSPS) is 10.3. The van der Waals surface area contributed by atoms with Gasteiger partial charge >= 0.3 is 0 Å². The van der Waals surface area contributed by atoms with E-state index in [1.807, 2.05) is 19.1 Å². The van der Waals surface area contributed by atoms with E-state index in [9.17, 15) is 0 Å². The van der Waals surface area contributed by atoms with E-state index in [2.05, 4.69) is 37.1 Å². The van der Waals surface area contributed by atoms with Gasteiger partial charge in [-0.15, -0.1) is 11.3 Å². The van der Waals surface area contributed by atoms with Crippen molar-refractivity contribution in [3.05, 3.63) is 33.5 Å². The summed E-state index contributed by atoms with van der Waals surface area (Å²) in [7, 11) is 0. The Kier molecular flexibility index (Phi) is 3.54. The Balaban J connectivity index is 2.01. The van der Waals surface area contributed by atoms with Gasteiger partial charge in [-0.1, -0.05) is 11.6 Å². The van der Waals surface area contributed by atoms with Crippen LogP contribution < -0.4 is 5.32 Å². The van der Waals surface area contributed by atoms with Gasteiger partial charge in [0.1, 0.15) is 5.52 Å². The standard InChI is InChI=1S/C13H10ClN5S/c1-2-15-12-11-13(17-7-16-11)19-10(18-12)6-4-8-3-5-9(14)20-8/h3,5,7H,2H2,1H3,(H2,15,16,17,18,19). The lowest BCUT2D eigenvalue weighted by Crippen LogP contribution is -2.03. The highest BCUT2D eigenvalue weighted by atomic mass is 35.5. The van der Waals surface area contributed by atoms with E-state index in [1.54, 1.807) is 6.33 Å². The topological polar surface area (TPSA) is 66.5 Å². The molecule has 100 valence electrons. The van der Waals surface area contributed by atoms with Crippen LogP contribution in [0, 0.1) is 11.8 Å². The number of H-pyrrole nitrogens is 1. The van der Waals surface area contributed by atoms with Gasteiger partial charge in [0, 0.05) is 6.54 Å². The number of hydrogen-bond acceptors (Lipinski definition) is 5. The Hall–Kier alpha value is -2.10. The van der Waals surface area contributed by atoms with E-state index < -0.39 is 0 Å². The second-order valence-corrected chi connectivity index (χ2v) is 5.60. The molecule has 0 saturated heterocycles. The molecule has 0 radical (unpaired) electrons. The Bertz CT molecular complexity index is 811. The van der Waals surface area contributed by atoms with Crippen molar-refractivity contribution in [1.29, 1.82) is 0 Å². The van der Waals surface area contributed by atoms with Gasteiger partial charge < -0.3 is 10.3 Å². The molecule has 20 heavy (non-hydrogen) atoms. The van der Waals surface area contributed by atoms with Crippen molar-refractivity contribution in [2.24, 2.45) is 0 Å². The number of aromatic nitrogens is 4. The van der Waals surface area contributed by atoms with E-state index in [0.29, 0.717) is 21.6 Å². The van der Waals surface area contributed by atoms with E-state index >= 15 is 0 Å². The summed E-state index contributed by atoms with van der Waals surface area (Å²) in [6.07, 6.45) is 1.59. The van der Waals surface area contributed by atoms with Gasteiger partial charge in [-0.05, 0) is 30.9 Å². The summed E-state index contributed by atoms with van der Waals surface area (Å²) in [6.45, 7) is 2.77. The molecule has 0 atom stereocenters. The second-order valence-electron chi connectivity index (χ2n) is 3.88. The third-order valence-corrected chi connectivity index (χ3v) is 3.65. The molecule has 0 aliphatic rings. The van der Waals surface area contributed by atoms with Crippen LogP contribution in [0.4, 0.5) is 5.82 Å². The number of anilines is 1. The molecule has 0 aliphatic carbocycles. The van der Waals surface area contributed by atoms with Gasteiger partial charge in [-0.3, -0.25) is 0 Å². The molecular weight excluding hydrogens is 294 g/mol. The van der Waals surface area contributed by atoms with Gasteiger partial charge in [0.2, 0.25) is 5.82 Å². The lowest BCUT2D eigenvalue weighted by atomic mass is 10.4. The first-order valence-electron chi connectivity index (χ1n) is 5.98. The number of aromatic amines is 1. The summed E-state index contributed by atoms with van der Waals surface area (Å²) in [4.78, 5) is 16.7. The molecule has 0 bridgehead atoms. The van der Waals surface area contributed by atoms with E-state index in [0.717, 1.165) is 16.9 Å². The van der Waals surface area contributed by atoms with Crippen molar-refractivity contribution < 1.29 is 0 Å². The summed E-state index contributed by atoms with van der Waals surface area (Å²) in [5.74, 6) is 7.09. The van der Waals surface area contributed by atoms with Gasteiger partial charge in [0.05, 0.1) is 15.5 Å². The Morgan fingerprint density at radius 3 is 3.00 bits per heavy atom. The SMILES string of the molecule is CCNc1nc(C#Cc2ccc(Cl)s2)nc2nc[nH]c12. The molecule has 0 fully saturated rings. The first kappa shape index (κ1) is 12.9. The minimum absolute atomic E-state index is 0.435. The molecule has 0 spiro atoms. The summed E-state index contributed by atoms with van der Waals surface area (Å²) in [6, 6.07) is 3.69. The first-order valence-corrected chi connectivity index (χ1v) is 7.18. The minimum Gasteiger partial charge on any atom is -0.368 e. The van der Waals surface area contributed by atoms with Gasteiger partial charge in [0.15, 0.2) is 11.5 Å². The highest BCUT2D eigenvalue weighted by molar-refractivity contribution is 7.16. The maximum Gasteiger partial charge on any atom is 0.209 e. The molecule has 0 saturated carbocycles. The Morgan fingerprint density at radius 1 is 1.35 bits per heavy atom. The predicted octanol–water partition coefficient (Wildman–Crippen LogP) is 2.90. The molecule has 3 aromatic heterocycles. The molecule has 3 aromatic rings. The van der Waals surface area contributed by atoms with Crippen LogP contribution in [0.15, 0.2) is 18.5 Å². The van der Waals surface area contributed by atoms with Crippen molar-refractivity contribution in [3.8, 4) is 11.8 Å². The van der Waals surface area contributed by atoms with Crippen molar-refractivity contribution >= 4 is 39.9 Å². The third-order valence-electron chi connectivity index (χ3n) is 2.50. The Morgan fingerprint density at radius 2 is 2.25 bits per heavy atom. The molecule has 7 heteroatoms. The first-order chi connectivity index (χ1) is 9.76. The van der Waals surface area contributed by atoms with Gasteiger partial charge in [-0.25, -0.2) is 9.97 Å².